The van der Waals surface area contributed by atoms with Crippen LogP contribution < -0.4 is 10.1 Å². The Hall–Kier alpha value is -2.50. The van der Waals surface area contributed by atoms with Crippen molar-refractivity contribution in [3.8, 4) is 5.75 Å². The molecule has 0 aliphatic carbocycles. The summed E-state index contributed by atoms with van der Waals surface area (Å²) in [6, 6.07) is 9.66. The molecule has 2 aromatic rings. The summed E-state index contributed by atoms with van der Waals surface area (Å²) in [7, 11) is 0. The van der Waals surface area contributed by atoms with Crippen LogP contribution in [-0.2, 0) is 11.3 Å². The number of rotatable bonds is 7. The fraction of sp³-hybridized carbons (Fsp3) is 0.333. The molecule has 0 radical (unpaired) electrons. The molecule has 2 rings (SSSR count). The van der Waals surface area contributed by atoms with E-state index in [1.165, 1.54) is 0 Å². The average molecular weight is 289 g/mol. The summed E-state index contributed by atoms with van der Waals surface area (Å²) < 4.78 is 12.3. The maximum Gasteiger partial charge on any atom is 0.407 e. The standard InChI is InChI=1S/C15H19N3O3/c1-2-16-15(19)21-11-10-20-14-6-4-13(5-7-14)12-18-9-3-8-17-18/h3-9H,2,10-12H2,1H3,(H,16,19). The van der Waals surface area contributed by atoms with Crippen LogP contribution in [0.5, 0.6) is 5.75 Å². The van der Waals surface area contributed by atoms with Gasteiger partial charge in [-0.1, -0.05) is 12.1 Å². The summed E-state index contributed by atoms with van der Waals surface area (Å²) in [6.07, 6.45) is 3.26. The fourth-order valence-electron chi connectivity index (χ4n) is 1.76. The number of aromatic nitrogens is 2. The summed E-state index contributed by atoms with van der Waals surface area (Å²) in [5, 5.41) is 6.70. The molecule has 21 heavy (non-hydrogen) atoms. The minimum absolute atomic E-state index is 0.223. The zero-order valence-corrected chi connectivity index (χ0v) is 12.0. The van der Waals surface area contributed by atoms with Crippen molar-refractivity contribution in [2.24, 2.45) is 0 Å². The van der Waals surface area contributed by atoms with Gasteiger partial charge in [0.2, 0.25) is 0 Å². The van der Waals surface area contributed by atoms with Gasteiger partial charge in [0.1, 0.15) is 19.0 Å². The second-order valence-corrected chi connectivity index (χ2v) is 4.36. The third-order valence-corrected chi connectivity index (χ3v) is 2.73. The van der Waals surface area contributed by atoms with Crippen molar-refractivity contribution < 1.29 is 14.3 Å². The molecule has 0 fully saturated rings. The number of nitrogens with zero attached hydrogens (tertiary/aromatic N) is 2. The van der Waals surface area contributed by atoms with Gasteiger partial charge in [0, 0.05) is 18.9 Å². The number of amides is 1. The smallest absolute Gasteiger partial charge is 0.407 e. The monoisotopic (exact) mass is 289 g/mol. The van der Waals surface area contributed by atoms with Crippen LogP contribution in [0.2, 0.25) is 0 Å². The van der Waals surface area contributed by atoms with Crippen LogP contribution in [0.4, 0.5) is 4.79 Å². The summed E-state index contributed by atoms with van der Waals surface area (Å²) in [6.45, 7) is 3.67. The number of alkyl carbamates (subject to hydrolysis) is 1. The molecule has 112 valence electrons. The molecule has 0 unspecified atom stereocenters. The van der Waals surface area contributed by atoms with E-state index in [9.17, 15) is 4.79 Å². The van der Waals surface area contributed by atoms with Crippen molar-refractivity contribution in [3.05, 3.63) is 48.3 Å². The van der Waals surface area contributed by atoms with E-state index in [1.54, 1.807) is 6.20 Å². The van der Waals surface area contributed by atoms with Gasteiger partial charge in [-0.3, -0.25) is 4.68 Å². The van der Waals surface area contributed by atoms with Gasteiger partial charge in [-0.2, -0.15) is 5.10 Å². The number of nitrogens with one attached hydrogen (secondary N) is 1. The van der Waals surface area contributed by atoms with Crippen LogP contribution in [-0.4, -0.2) is 35.6 Å². The lowest BCUT2D eigenvalue weighted by Crippen LogP contribution is -2.25. The summed E-state index contributed by atoms with van der Waals surface area (Å²) >= 11 is 0. The first-order valence-corrected chi connectivity index (χ1v) is 6.87. The second kappa shape index (κ2) is 7.94. The normalized spacial score (nSPS) is 10.1. The molecule has 1 heterocycles. The lowest BCUT2D eigenvalue weighted by atomic mass is 10.2. The molecule has 1 amide bonds. The Morgan fingerprint density at radius 2 is 2.10 bits per heavy atom. The van der Waals surface area contributed by atoms with Gasteiger partial charge in [0.05, 0.1) is 6.54 Å². The van der Waals surface area contributed by atoms with Gasteiger partial charge in [0.25, 0.3) is 0 Å². The number of hydrogen-bond donors (Lipinski definition) is 1. The average Bonchev–Trinajstić information content (AvgIpc) is 2.98. The van der Waals surface area contributed by atoms with E-state index in [2.05, 4.69) is 10.4 Å². The zero-order valence-electron chi connectivity index (χ0n) is 12.0. The topological polar surface area (TPSA) is 65.4 Å². The van der Waals surface area contributed by atoms with E-state index in [0.717, 1.165) is 17.9 Å². The molecule has 1 aromatic carbocycles. The quantitative estimate of drug-likeness (QED) is 0.792. The lowest BCUT2D eigenvalue weighted by Gasteiger charge is -2.08. The molecule has 0 spiro atoms. The van der Waals surface area contributed by atoms with Gasteiger partial charge in [-0.15, -0.1) is 0 Å². The van der Waals surface area contributed by atoms with Crippen molar-refractivity contribution in [1.82, 2.24) is 15.1 Å². The van der Waals surface area contributed by atoms with Crippen molar-refractivity contribution in [2.45, 2.75) is 13.5 Å². The van der Waals surface area contributed by atoms with Crippen LogP contribution in [0, 0.1) is 0 Å². The Morgan fingerprint density at radius 1 is 1.29 bits per heavy atom. The number of carbonyl (C=O) groups excluding carboxylic acids is 1. The molecule has 0 bridgehead atoms. The molecule has 0 saturated heterocycles. The number of carbonyl (C=O) groups is 1. The van der Waals surface area contributed by atoms with Crippen LogP contribution in [0.1, 0.15) is 12.5 Å². The van der Waals surface area contributed by atoms with Gasteiger partial charge in [-0.25, -0.2) is 4.79 Å². The van der Waals surface area contributed by atoms with Gasteiger partial charge < -0.3 is 14.8 Å². The highest BCUT2D eigenvalue weighted by molar-refractivity contribution is 5.66. The number of ether oxygens (including phenoxy) is 2. The van der Waals surface area contributed by atoms with Crippen LogP contribution in [0.15, 0.2) is 42.7 Å². The maximum atomic E-state index is 11.1. The van der Waals surface area contributed by atoms with E-state index in [0.29, 0.717) is 13.2 Å². The summed E-state index contributed by atoms with van der Waals surface area (Å²) in [4.78, 5) is 11.1. The van der Waals surface area contributed by atoms with E-state index in [1.807, 2.05) is 48.1 Å². The predicted octanol–water partition coefficient (Wildman–Crippen LogP) is 2.06. The van der Waals surface area contributed by atoms with Crippen molar-refractivity contribution >= 4 is 6.09 Å². The minimum atomic E-state index is -0.421. The Balaban J connectivity index is 1.71. The Kier molecular flexibility index (Phi) is 5.63. The molecule has 6 heteroatoms. The van der Waals surface area contributed by atoms with Crippen LogP contribution in [0.25, 0.3) is 0 Å². The third kappa shape index (κ3) is 5.18. The lowest BCUT2D eigenvalue weighted by molar-refractivity contribution is 0.125. The van der Waals surface area contributed by atoms with E-state index < -0.39 is 6.09 Å². The zero-order chi connectivity index (χ0) is 14.9. The molecule has 0 saturated carbocycles. The van der Waals surface area contributed by atoms with Gasteiger partial charge in [0.15, 0.2) is 0 Å². The summed E-state index contributed by atoms with van der Waals surface area (Å²) in [5.41, 5.74) is 1.14. The molecule has 0 atom stereocenters. The fourth-order valence-corrected chi connectivity index (χ4v) is 1.76. The number of benzene rings is 1. The maximum absolute atomic E-state index is 11.1. The molecular weight excluding hydrogens is 270 g/mol. The Labute approximate surface area is 123 Å². The Morgan fingerprint density at radius 3 is 2.76 bits per heavy atom. The molecule has 1 aromatic heterocycles. The number of hydrogen-bond acceptors (Lipinski definition) is 4. The molecule has 1 N–H and O–H groups in total. The van der Waals surface area contributed by atoms with E-state index >= 15 is 0 Å². The van der Waals surface area contributed by atoms with E-state index in [-0.39, 0.29) is 6.61 Å². The molecule has 6 nitrogen and oxygen atoms in total. The van der Waals surface area contributed by atoms with Gasteiger partial charge in [-0.05, 0) is 30.7 Å². The molecule has 0 aliphatic heterocycles. The van der Waals surface area contributed by atoms with Gasteiger partial charge >= 0.3 is 6.09 Å². The SMILES string of the molecule is CCNC(=O)OCCOc1ccc(Cn2cccn2)cc1. The predicted molar refractivity (Wildman–Crippen MR) is 78.3 cm³/mol. The van der Waals surface area contributed by atoms with Crippen LogP contribution in [0.3, 0.4) is 0 Å². The minimum Gasteiger partial charge on any atom is -0.490 e. The van der Waals surface area contributed by atoms with Crippen molar-refractivity contribution in [2.75, 3.05) is 19.8 Å². The first-order valence-electron chi connectivity index (χ1n) is 6.87. The van der Waals surface area contributed by atoms with Crippen molar-refractivity contribution in [1.29, 1.82) is 0 Å². The summed E-state index contributed by atoms with van der Waals surface area (Å²) in [5.74, 6) is 0.749. The highest BCUT2D eigenvalue weighted by Crippen LogP contribution is 2.12. The van der Waals surface area contributed by atoms with Crippen LogP contribution >= 0.6 is 0 Å². The highest BCUT2D eigenvalue weighted by atomic mass is 16.6. The van der Waals surface area contributed by atoms with E-state index in [4.69, 9.17) is 9.47 Å². The largest absolute Gasteiger partial charge is 0.490 e. The first kappa shape index (κ1) is 14.9. The van der Waals surface area contributed by atoms with Crippen molar-refractivity contribution in [3.63, 3.8) is 0 Å². The second-order valence-electron chi connectivity index (χ2n) is 4.36. The highest BCUT2D eigenvalue weighted by Gasteiger charge is 2.00. The first-order chi connectivity index (χ1) is 10.3. The Bertz CT molecular complexity index is 538. The molecule has 0 aliphatic rings. The third-order valence-electron chi connectivity index (χ3n) is 2.73. The molecular formula is C15H19N3O3.